The minimum absolute atomic E-state index is 0.0823. The van der Waals surface area contributed by atoms with Gasteiger partial charge in [0.05, 0.1) is 0 Å². The average Bonchev–Trinajstić information content (AvgIpc) is 3.42. The Kier molecular flexibility index (Phi) is 61.2. The van der Waals surface area contributed by atoms with Crippen LogP contribution in [0, 0.1) is 0 Å². The molecule has 0 aromatic heterocycles. The lowest BCUT2D eigenvalue weighted by atomic mass is 10.0. The number of hydrogen-bond acceptors (Lipinski definition) is 6. The van der Waals surface area contributed by atoms with Crippen LogP contribution < -0.4 is 0 Å². The van der Waals surface area contributed by atoms with Crippen LogP contribution in [0.5, 0.6) is 0 Å². The van der Waals surface area contributed by atoms with E-state index in [2.05, 4.69) is 106 Å². The predicted molar refractivity (Wildman–Crippen MR) is 330 cm³/mol. The molecule has 0 rings (SSSR count). The van der Waals surface area contributed by atoms with Crippen LogP contribution in [0.2, 0.25) is 0 Å². The Bertz CT molecular complexity index is 1450. The first-order valence-electron chi connectivity index (χ1n) is 32.6. The zero-order valence-electron chi connectivity index (χ0n) is 50.3. The molecule has 0 amide bonds. The van der Waals surface area contributed by atoms with E-state index in [4.69, 9.17) is 14.2 Å². The van der Waals surface area contributed by atoms with Gasteiger partial charge in [0, 0.05) is 19.3 Å². The van der Waals surface area contributed by atoms with Gasteiger partial charge < -0.3 is 14.2 Å². The van der Waals surface area contributed by atoms with E-state index in [1.165, 1.54) is 167 Å². The molecule has 0 fully saturated rings. The molecule has 0 aromatic rings. The molecular weight excluding hydrogens is 937 g/mol. The zero-order valence-corrected chi connectivity index (χ0v) is 50.3. The van der Waals surface area contributed by atoms with Crippen molar-refractivity contribution in [2.24, 2.45) is 0 Å². The van der Waals surface area contributed by atoms with E-state index in [1.54, 1.807) is 0 Å². The standard InChI is InChI=1S/C70H122O6/c1-4-7-10-13-16-19-22-25-28-31-33-34-35-36-38-39-42-45-48-51-54-57-60-63-69(72)75-66-67(65-74-68(71)62-59-56-53-50-47-44-41-30-27-24-21-18-15-12-9-6-3)76-70(73)64-61-58-55-52-49-46-43-40-37-32-29-26-23-20-17-14-11-8-5-2/h8,11,17,20,22,25-26,29,31,33,35-37,40,67H,4-7,9-10,12-16,18-19,21,23-24,27-28,30,32,34,38-39,41-66H2,1-3H3/b11-8-,20-17-,25-22-,29-26-,33-31-,36-35-,40-37-. The molecule has 0 spiro atoms. The molecule has 0 saturated carbocycles. The maximum absolute atomic E-state index is 12.9. The predicted octanol–water partition coefficient (Wildman–Crippen LogP) is 22.3. The molecule has 76 heavy (non-hydrogen) atoms. The monoisotopic (exact) mass is 1060 g/mol. The summed E-state index contributed by atoms with van der Waals surface area (Å²) in [5.74, 6) is -0.889. The van der Waals surface area contributed by atoms with Crippen LogP contribution in [0.1, 0.15) is 323 Å². The van der Waals surface area contributed by atoms with Crippen molar-refractivity contribution in [3.8, 4) is 0 Å². The summed E-state index contributed by atoms with van der Waals surface area (Å²) in [5.41, 5.74) is 0. The minimum atomic E-state index is -0.788. The van der Waals surface area contributed by atoms with Gasteiger partial charge in [-0.25, -0.2) is 0 Å². The zero-order chi connectivity index (χ0) is 55.0. The fraction of sp³-hybridized carbons (Fsp3) is 0.757. The van der Waals surface area contributed by atoms with Crippen LogP contribution in [-0.2, 0) is 28.6 Å². The number of allylic oxidation sites excluding steroid dienone is 14. The molecule has 6 heteroatoms. The number of carbonyl (C=O) groups is 3. The molecule has 0 aromatic carbocycles. The summed E-state index contributed by atoms with van der Waals surface area (Å²) < 4.78 is 16.9. The third-order valence-electron chi connectivity index (χ3n) is 14.1. The van der Waals surface area contributed by atoms with E-state index < -0.39 is 6.10 Å². The summed E-state index contributed by atoms with van der Waals surface area (Å²) in [7, 11) is 0. The maximum Gasteiger partial charge on any atom is 0.306 e. The van der Waals surface area contributed by atoms with Crippen LogP contribution in [0.3, 0.4) is 0 Å². The van der Waals surface area contributed by atoms with Crippen molar-refractivity contribution in [1.82, 2.24) is 0 Å². The molecule has 6 nitrogen and oxygen atoms in total. The van der Waals surface area contributed by atoms with Crippen molar-refractivity contribution in [3.05, 3.63) is 85.1 Å². The number of carbonyl (C=O) groups excluding carboxylic acids is 3. The molecule has 438 valence electrons. The molecule has 0 radical (unpaired) electrons. The highest BCUT2D eigenvalue weighted by Gasteiger charge is 2.19. The highest BCUT2D eigenvalue weighted by molar-refractivity contribution is 5.71. The van der Waals surface area contributed by atoms with Gasteiger partial charge in [0.2, 0.25) is 0 Å². The van der Waals surface area contributed by atoms with Crippen molar-refractivity contribution in [1.29, 1.82) is 0 Å². The van der Waals surface area contributed by atoms with Crippen LogP contribution in [0.25, 0.3) is 0 Å². The number of ether oxygens (including phenoxy) is 3. The lowest BCUT2D eigenvalue weighted by Crippen LogP contribution is -2.30. The molecule has 0 N–H and O–H groups in total. The van der Waals surface area contributed by atoms with E-state index in [9.17, 15) is 14.4 Å². The van der Waals surface area contributed by atoms with E-state index in [1.807, 2.05) is 0 Å². The second kappa shape index (κ2) is 64.1. The minimum Gasteiger partial charge on any atom is -0.462 e. The second-order valence-corrected chi connectivity index (χ2v) is 21.6. The highest BCUT2D eigenvalue weighted by atomic mass is 16.6. The molecule has 0 aliphatic heterocycles. The fourth-order valence-electron chi connectivity index (χ4n) is 9.27. The van der Waals surface area contributed by atoms with Crippen molar-refractivity contribution in [2.45, 2.75) is 329 Å². The molecular formula is C70H122O6. The Labute approximate surface area is 471 Å². The molecule has 0 aliphatic carbocycles. The quantitative estimate of drug-likeness (QED) is 0.0261. The van der Waals surface area contributed by atoms with Crippen molar-refractivity contribution >= 4 is 17.9 Å². The summed E-state index contributed by atoms with van der Waals surface area (Å²) in [5, 5.41) is 0. The summed E-state index contributed by atoms with van der Waals surface area (Å²) in [6.07, 6.45) is 84.4. The van der Waals surface area contributed by atoms with E-state index >= 15 is 0 Å². The Hall–Kier alpha value is -3.41. The number of rotatable bonds is 59. The van der Waals surface area contributed by atoms with Gasteiger partial charge in [-0.05, 0) is 96.3 Å². The van der Waals surface area contributed by atoms with Gasteiger partial charge in [-0.15, -0.1) is 0 Å². The molecule has 1 unspecified atom stereocenters. The average molecular weight is 1060 g/mol. The lowest BCUT2D eigenvalue weighted by Gasteiger charge is -2.18. The van der Waals surface area contributed by atoms with Gasteiger partial charge in [-0.1, -0.05) is 292 Å². The van der Waals surface area contributed by atoms with E-state index in [-0.39, 0.29) is 31.1 Å². The molecule has 0 heterocycles. The van der Waals surface area contributed by atoms with Gasteiger partial charge >= 0.3 is 17.9 Å². The van der Waals surface area contributed by atoms with Crippen molar-refractivity contribution in [2.75, 3.05) is 13.2 Å². The fourth-order valence-corrected chi connectivity index (χ4v) is 9.27. The number of hydrogen-bond donors (Lipinski definition) is 0. The summed E-state index contributed by atoms with van der Waals surface area (Å²) in [4.78, 5) is 38.4. The lowest BCUT2D eigenvalue weighted by molar-refractivity contribution is -0.167. The van der Waals surface area contributed by atoms with Gasteiger partial charge in [0.15, 0.2) is 6.10 Å². The van der Waals surface area contributed by atoms with E-state index in [0.717, 1.165) is 116 Å². The summed E-state index contributed by atoms with van der Waals surface area (Å²) in [6.45, 7) is 6.54. The Morgan fingerprint density at radius 3 is 0.803 bits per heavy atom. The third kappa shape index (κ3) is 61.4. The maximum atomic E-state index is 12.9. The normalized spacial score (nSPS) is 12.6. The Morgan fingerprint density at radius 2 is 0.513 bits per heavy atom. The highest BCUT2D eigenvalue weighted by Crippen LogP contribution is 2.17. The molecule has 0 bridgehead atoms. The third-order valence-corrected chi connectivity index (χ3v) is 14.1. The van der Waals surface area contributed by atoms with Gasteiger partial charge in [-0.2, -0.15) is 0 Å². The Balaban J connectivity index is 4.39. The SMILES string of the molecule is CC/C=C\C/C=C\C/C=C\C/C=C\CCCCCCCCC(=O)OC(COC(=O)CCCCCCCCCC/C=C\C/C=C\C/C=C\CCCCCCC)COC(=O)CCCCCCCCCCCCCCCCCC. The Morgan fingerprint density at radius 1 is 0.276 bits per heavy atom. The first-order valence-corrected chi connectivity index (χ1v) is 32.6. The van der Waals surface area contributed by atoms with Crippen LogP contribution in [0.15, 0.2) is 85.1 Å². The van der Waals surface area contributed by atoms with Gasteiger partial charge in [-0.3, -0.25) is 14.4 Å². The van der Waals surface area contributed by atoms with Crippen LogP contribution in [0.4, 0.5) is 0 Å². The molecule has 0 saturated heterocycles. The molecule has 1 atom stereocenters. The van der Waals surface area contributed by atoms with Crippen LogP contribution >= 0.6 is 0 Å². The first-order chi connectivity index (χ1) is 37.5. The first kappa shape index (κ1) is 72.6. The van der Waals surface area contributed by atoms with Crippen molar-refractivity contribution < 1.29 is 28.6 Å². The largest absolute Gasteiger partial charge is 0.462 e. The number of esters is 3. The van der Waals surface area contributed by atoms with Crippen LogP contribution in [-0.4, -0.2) is 37.2 Å². The molecule has 0 aliphatic rings. The topological polar surface area (TPSA) is 78.9 Å². The number of unbranched alkanes of at least 4 members (excludes halogenated alkanes) is 34. The second-order valence-electron chi connectivity index (χ2n) is 21.6. The van der Waals surface area contributed by atoms with Gasteiger partial charge in [0.25, 0.3) is 0 Å². The van der Waals surface area contributed by atoms with Gasteiger partial charge in [0.1, 0.15) is 13.2 Å². The van der Waals surface area contributed by atoms with Crippen molar-refractivity contribution in [3.63, 3.8) is 0 Å². The smallest absolute Gasteiger partial charge is 0.306 e. The summed E-state index contributed by atoms with van der Waals surface area (Å²) in [6, 6.07) is 0. The van der Waals surface area contributed by atoms with E-state index in [0.29, 0.717) is 19.3 Å². The summed E-state index contributed by atoms with van der Waals surface area (Å²) >= 11 is 0.